The quantitative estimate of drug-likeness (QED) is 0.445. The number of methoxy groups -OCH3 is 2. The maximum absolute atomic E-state index is 13.6. The van der Waals surface area contributed by atoms with E-state index in [2.05, 4.69) is 9.97 Å². The largest absolute Gasteiger partial charge is 0.495 e. The molecule has 0 aliphatic carbocycles. The second-order valence-electron chi connectivity index (χ2n) is 7.00. The van der Waals surface area contributed by atoms with Crippen molar-refractivity contribution in [2.75, 3.05) is 14.2 Å². The zero-order valence-electron chi connectivity index (χ0n) is 17.7. The summed E-state index contributed by atoms with van der Waals surface area (Å²) >= 11 is 0. The van der Waals surface area contributed by atoms with E-state index in [1.54, 1.807) is 55.6 Å². The molecule has 9 nitrogen and oxygen atoms in total. The topological polar surface area (TPSA) is 105 Å². The third kappa shape index (κ3) is 3.53. The van der Waals surface area contributed by atoms with Gasteiger partial charge in [-0.1, -0.05) is 18.2 Å². The first-order valence-corrected chi connectivity index (χ1v) is 9.75. The van der Waals surface area contributed by atoms with Gasteiger partial charge in [-0.05, 0) is 37.3 Å². The number of para-hydroxylation sites is 2. The molecule has 0 aliphatic rings. The normalized spacial score (nSPS) is 10.8. The summed E-state index contributed by atoms with van der Waals surface area (Å²) in [5.74, 6) is -0.297. The summed E-state index contributed by atoms with van der Waals surface area (Å²) in [6.45, 7) is 1.58. The number of rotatable bonds is 5. The average Bonchev–Trinajstić information content (AvgIpc) is 2.81. The highest BCUT2D eigenvalue weighted by atomic mass is 16.5. The van der Waals surface area contributed by atoms with E-state index in [9.17, 15) is 14.4 Å². The number of pyridine rings is 2. The Bertz CT molecular complexity index is 1440. The van der Waals surface area contributed by atoms with Gasteiger partial charge in [0.05, 0.1) is 43.1 Å². The van der Waals surface area contributed by atoms with E-state index in [1.165, 1.54) is 24.9 Å². The van der Waals surface area contributed by atoms with E-state index in [1.807, 2.05) is 0 Å². The van der Waals surface area contributed by atoms with Gasteiger partial charge in [0.25, 0.3) is 5.56 Å². The predicted octanol–water partition coefficient (Wildman–Crippen LogP) is 2.09. The Hall–Kier alpha value is -4.27. The Labute approximate surface area is 182 Å². The van der Waals surface area contributed by atoms with Crippen molar-refractivity contribution in [2.24, 2.45) is 0 Å². The van der Waals surface area contributed by atoms with E-state index in [0.29, 0.717) is 22.8 Å². The third-order valence-electron chi connectivity index (χ3n) is 5.00. The Morgan fingerprint density at radius 3 is 2.50 bits per heavy atom. The molecule has 0 bridgehead atoms. The number of esters is 1. The molecule has 9 heteroatoms. The summed E-state index contributed by atoms with van der Waals surface area (Å²) in [6.07, 6.45) is 1.57. The number of carbonyl (C=O) groups excluding carboxylic acids is 1. The minimum absolute atomic E-state index is 0.0242. The van der Waals surface area contributed by atoms with E-state index in [4.69, 9.17) is 9.47 Å². The molecule has 32 heavy (non-hydrogen) atoms. The van der Waals surface area contributed by atoms with Gasteiger partial charge < -0.3 is 9.47 Å². The molecule has 0 saturated carbocycles. The molecular weight excluding hydrogens is 412 g/mol. The number of ether oxygens (including phenoxy) is 2. The van der Waals surface area contributed by atoms with Crippen LogP contribution in [0.2, 0.25) is 0 Å². The molecule has 3 aromatic heterocycles. The summed E-state index contributed by atoms with van der Waals surface area (Å²) in [5, 5.41) is -0.0242. The molecule has 0 radical (unpaired) electrons. The van der Waals surface area contributed by atoms with Crippen LogP contribution in [-0.2, 0) is 11.3 Å². The van der Waals surface area contributed by atoms with Gasteiger partial charge in [-0.2, -0.15) is 0 Å². The number of hydrogen-bond donors (Lipinski definition) is 0. The minimum Gasteiger partial charge on any atom is -0.495 e. The lowest BCUT2D eigenvalue weighted by Gasteiger charge is -2.17. The van der Waals surface area contributed by atoms with Crippen LogP contribution in [-0.4, -0.2) is 39.3 Å². The summed E-state index contributed by atoms with van der Waals surface area (Å²) in [4.78, 5) is 48.3. The van der Waals surface area contributed by atoms with Gasteiger partial charge in [-0.25, -0.2) is 19.1 Å². The second-order valence-corrected chi connectivity index (χ2v) is 7.00. The maximum Gasteiger partial charge on any atom is 0.338 e. The van der Waals surface area contributed by atoms with Crippen molar-refractivity contribution in [3.8, 4) is 11.4 Å². The number of benzene rings is 1. The number of nitrogens with zero attached hydrogens (tertiary/aromatic N) is 4. The lowest BCUT2D eigenvalue weighted by atomic mass is 10.1. The lowest BCUT2D eigenvalue weighted by Crippen LogP contribution is -2.41. The summed E-state index contributed by atoms with van der Waals surface area (Å²) < 4.78 is 12.6. The SMILES string of the molecule is COC(=O)c1cc(C)nc2c1c(=O)n(Cc1ccccn1)c(=O)n2-c1ccccc1OC. The van der Waals surface area contributed by atoms with Crippen LogP contribution in [0.25, 0.3) is 16.7 Å². The Morgan fingerprint density at radius 2 is 1.81 bits per heavy atom. The average molecular weight is 432 g/mol. The van der Waals surface area contributed by atoms with Crippen LogP contribution in [0.3, 0.4) is 0 Å². The molecule has 0 fully saturated rings. The van der Waals surface area contributed by atoms with Crippen LogP contribution in [0, 0.1) is 6.92 Å². The Balaban J connectivity index is 2.18. The first-order valence-electron chi connectivity index (χ1n) is 9.75. The van der Waals surface area contributed by atoms with Crippen molar-refractivity contribution in [2.45, 2.75) is 13.5 Å². The van der Waals surface area contributed by atoms with Gasteiger partial charge in [0.1, 0.15) is 5.75 Å². The van der Waals surface area contributed by atoms with Crippen molar-refractivity contribution >= 4 is 17.0 Å². The maximum atomic E-state index is 13.6. The number of aromatic nitrogens is 4. The highest BCUT2D eigenvalue weighted by Crippen LogP contribution is 2.24. The van der Waals surface area contributed by atoms with E-state index < -0.39 is 17.2 Å². The fourth-order valence-corrected chi connectivity index (χ4v) is 3.56. The lowest BCUT2D eigenvalue weighted by molar-refractivity contribution is 0.0602. The Kier molecular flexibility index (Phi) is 5.55. The van der Waals surface area contributed by atoms with Crippen LogP contribution in [0.4, 0.5) is 0 Å². The molecule has 162 valence electrons. The fourth-order valence-electron chi connectivity index (χ4n) is 3.56. The van der Waals surface area contributed by atoms with E-state index in [-0.39, 0.29) is 23.1 Å². The van der Waals surface area contributed by atoms with Gasteiger partial charge in [0.15, 0.2) is 5.65 Å². The number of hydrogen-bond acceptors (Lipinski definition) is 7. The predicted molar refractivity (Wildman–Crippen MR) is 118 cm³/mol. The number of aryl methyl sites for hydroxylation is 1. The molecule has 0 N–H and O–H groups in total. The molecular formula is C23H20N4O5. The van der Waals surface area contributed by atoms with Gasteiger partial charge >= 0.3 is 11.7 Å². The fraction of sp³-hybridized carbons (Fsp3) is 0.174. The van der Waals surface area contributed by atoms with Crippen LogP contribution in [0.1, 0.15) is 21.7 Å². The first kappa shape index (κ1) is 21.0. The van der Waals surface area contributed by atoms with Gasteiger partial charge in [-0.15, -0.1) is 0 Å². The van der Waals surface area contributed by atoms with E-state index >= 15 is 0 Å². The van der Waals surface area contributed by atoms with Crippen molar-refractivity contribution in [1.29, 1.82) is 0 Å². The molecule has 4 aromatic rings. The van der Waals surface area contributed by atoms with Crippen LogP contribution >= 0.6 is 0 Å². The van der Waals surface area contributed by atoms with Crippen LogP contribution in [0.15, 0.2) is 64.3 Å². The first-order chi connectivity index (χ1) is 15.5. The van der Waals surface area contributed by atoms with Crippen LogP contribution < -0.4 is 16.0 Å². The van der Waals surface area contributed by atoms with Crippen molar-refractivity contribution in [1.82, 2.24) is 19.1 Å². The number of carbonyl (C=O) groups is 1. The second kappa shape index (κ2) is 8.46. The van der Waals surface area contributed by atoms with Gasteiger partial charge in [0, 0.05) is 11.9 Å². The third-order valence-corrected chi connectivity index (χ3v) is 5.00. The zero-order chi connectivity index (χ0) is 22.8. The summed E-state index contributed by atoms with van der Waals surface area (Å²) in [6, 6.07) is 13.5. The minimum atomic E-state index is -0.702. The summed E-state index contributed by atoms with van der Waals surface area (Å²) in [7, 11) is 2.71. The number of fused-ring (bicyclic) bond motifs is 1. The van der Waals surface area contributed by atoms with Crippen molar-refractivity contribution < 1.29 is 14.3 Å². The standard InChI is InChI=1S/C23H20N4O5/c1-14-12-16(22(29)32-3)19-20(25-14)27(17-9-4-5-10-18(17)31-2)23(30)26(21(19)28)13-15-8-6-7-11-24-15/h4-12H,13H2,1-3H3. The zero-order valence-corrected chi connectivity index (χ0v) is 17.7. The molecule has 4 rings (SSSR count). The van der Waals surface area contributed by atoms with Crippen LogP contribution in [0.5, 0.6) is 5.75 Å². The highest BCUT2D eigenvalue weighted by Gasteiger charge is 2.24. The van der Waals surface area contributed by atoms with E-state index in [0.717, 1.165) is 4.57 Å². The Morgan fingerprint density at radius 1 is 1.06 bits per heavy atom. The van der Waals surface area contributed by atoms with Crippen molar-refractivity contribution in [3.05, 3.63) is 92.5 Å². The highest BCUT2D eigenvalue weighted by molar-refractivity contribution is 6.02. The summed E-state index contributed by atoms with van der Waals surface area (Å²) in [5.41, 5.74) is 0.121. The molecule has 3 heterocycles. The molecule has 1 aromatic carbocycles. The molecule has 0 saturated heterocycles. The smallest absolute Gasteiger partial charge is 0.338 e. The molecule has 0 aliphatic heterocycles. The van der Waals surface area contributed by atoms with Gasteiger partial charge in [0.2, 0.25) is 0 Å². The molecule has 0 amide bonds. The molecule has 0 unspecified atom stereocenters. The molecule has 0 atom stereocenters. The monoisotopic (exact) mass is 432 g/mol. The van der Waals surface area contributed by atoms with Gasteiger partial charge in [-0.3, -0.25) is 14.3 Å². The van der Waals surface area contributed by atoms with Crippen molar-refractivity contribution in [3.63, 3.8) is 0 Å². The molecule has 0 spiro atoms.